The Morgan fingerprint density at radius 3 is 2.24 bits per heavy atom. The van der Waals surface area contributed by atoms with Gasteiger partial charge in [0.1, 0.15) is 6.04 Å². The van der Waals surface area contributed by atoms with E-state index in [1.807, 2.05) is 26.0 Å². The molecule has 0 saturated heterocycles. The van der Waals surface area contributed by atoms with Crippen molar-refractivity contribution >= 4 is 46.6 Å². The quantitative estimate of drug-likeness (QED) is 0.569. The van der Waals surface area contributed by atoms with Crippen LogP contribution in [-0.4, -0.2) is 28.8 Å². The summed E-state index contributed by atoms with van der Waals surface area (Å²) in [6.07, 6.45) is 0.802. The second-order valence-corrected chi connectivity index (χ2v) is 8.27. The average Bonchev–Trinajstić information content (AvgIpc) is 2.68. The van der Waals surface area contributed by atoms with Crippen LogP contribution in [0.1, 0.15) is 38.3 Å². The third-order valence-electron chi connectivity index (χ3n) is 4.80. The molecule has 0 radical (unpaired) electrons. The standard InChI is InChI=1S/C22H25Cl3N2O2/c1-4-14(2)26-22(29)15(3)27(13-16-7-5-8-17(23)11-16)21(28)12-18-19(24)9-6-10-20(18)25/h5-11,14-15H,4,12-13H2,1-3H3,(H,26,29). The number of hydrogen-bond donors (Lipinski definition) is 1. The first-order chi connectivity index (χ1) is 13.7. The highest BCUT2D eigenvalue weighted by atomic mass is 35.5. The van der Waals surface area contributed by atoms with E-state index in [1.165, 1.54) is 4.90 Å². The highest BCUT2D eigenvalue weighted by Crippen LogP contribution is 2.26. The van der Waals surface area contributed by atoms with Crippen molar-refractivity contribution in [2.75, 3.05) is 0 Å². The van der Waals surface area contributed by atoms with Crippen LogP contribution in [0.3, 0.4) is 0 Å². The van der Waals surface area contributed by atoms with Crippen LogP contribution in [0.4, 0.5) is 0 Å². The van der Waals surface area contributed by atoms with Gasteiger partial charge in [-0.3, -0.25) is 9.59 Å². The molecule has 0 heterocycles. The Morgan fingerprint density at radius 1 is 1.03 bits per heavy atom. The highest BCUT2D eigenvalue weighted by molar-refractivity contribution is 6.36. The fourth-order valence-electron chi connectivity index (χ4n) is 2.83. The summed E-state index contributed by atoms with van der Waals surface area (Å²) in [7, 11) is 0. The Kier molecular flexibility index (Phi) is 8.81. The molecule has 2 amide bonds. The summed E-state index contributed by atoms with van der Waals surface area (Å²) in [6.45, 7) is 5.88. The maximum Gasteiger partial charge on any atom is 0.242 e. The molecule has 2 unspecified atom stereocenters. The minimum atomic E-state index is -0.670. The van der Waals surface area contributed by atoms with Crippen LogP contribution in [-0.2, 0) is 22.6 Å². The minimum Gasteiger partial charge on any atom is -0.352 e. The molecule has 0 spiro atoms. The minimum absolute atomic E-state index is 0.0000235. The van der Waals surface area contributed by atoms with Crippen molar-refractivity contribution in [2.24, 2.45) is 0 Å². The molecule has 0 bridgehead atoms. The average molecular weight is 456 g/mol. The van der Waals surface area contributed by atoms with Gasteiger partial charge >= 0.3 is 0 Å². The first kappa shape index (κ1) is 23.5. The van der Waals surface area contributed by atoms with Crippen LogP contribution in [0.2, 0.25) is 15.1 Å². The number of benzene rings is 2. The van der Waals surface area contributed by atoms with E-state index in [0.29, 0.717) is 20.6 Å². The van der Waals surface area contributed by atoms with Gasteiger partial charge in [0.15, 0.2) is 0 Å². The van der Waals surface area contributed by atoms with Crippen molar-refractivity contribution in [3.8, 4) is 0 Å². The number of rotatable bonds is 8. The number of carbonyl (C=O) groups is 2. The summed E-state index contributed by atoms with van der Waals surface area (Å²) in [5.74, 6) is -0.452. The summed E-state index contributed by atoms with van der Waals surface area (Å²) in [5, 5.41) is 4.35. The smallest absolute Gasteiger partial charge is 0.242 e. The molecule has 2 rings (SSSR count). The fraction of sp³-hybridized carbons (Fsp3) is 0.364. The van der Waals surface area contributed by atoms with Gasteiger partial charge in [-0.1, -0.05) is 59.9 Å². The second kappa shape index (κ2) is 10.9. The summed E-state index contributed by atoms with van der Waals surface area (Å²) >= 11 is 18.6. The molecule has 0 fully saturated rings. The van der Waals surface area contributed by atoms with Gasteiger partial charge in [-0.05, 0) is 55.7 Å². The van der Waals surface area contributed by atoms with Gasteiger partial charge in [-0.25, -0.2) is 0 Å². The predicted molar refractivity (Wildman–Crippen MR) is 120 cm³/mol. The summed E-state index contributed by atoms with van der Waals surface area (Å²) in [5.41, 5.74) is 1.38. The lowest BCUT2D eigenvalue weighted by Crippen LogP contribution is -2.49. The first-order valence-corrected chi connectivity index (χ1v) is 10.6. The number of halogens is 3. The molecule has 0 aromatic heterocycles. The van der Waals surface area contributed by atoms with E-state index in [2.05, 4.69) is 5.32 Å². The van der Waals surface area contributed by atoms with E-state index in [-0.39, 0.29) is 30.8 Å². The maximum absolute atomic E-state index is 13.2. The predicted octanol–water partition coefficient (Wildman–Crippen LogP) is 5.52. The van der Waals surface area contributed by atoms with Crippen molar-refractivity contribution in [1.29, 1.82) is 0 Å². The molecule has 0 aliphatic heterocycles. The van der Waals surface area contributed by atoms with Crippen LogP contribution < -0.4 is 5.32 Å². The molecule has 1 N–H and O–H groups in total. The van der Waals surface area contributed by atoms with E-state index in [1.54, 1.807) is 37.3 Å². The third kappa shape index (κ3) is 6.63. The van der Waals surface area contributed by atoms with Crippen LogP contribution in [0.5, 0.6) is 0 Å². The van der Waals surface area contributed by atoms with Crippen LogP contribution in [0, 0.1) is 0 Å². The lowest BCUT2D eigenvalue weighted by atomic mass is 10.1. The summed E-state index contributed by atoms with van der Waals surface area (Å²) in [6, 6.07) is 11.7. The topological polar surface area (TPSA) is 49.4 Å². The molecule has 156 valence electrons. The first-order valence-electron chi connectivity index (χ1n) is 9.50. The number of amides is 2. The van der Waals surface area contributed by atoms with Gasteiger partial charge in [0, 0.05) is 27.7 Å². The SMILES string of the molecule is CCC(C)NC(=O)C(C)N(Cc1cccc(Cl)c1)C(=O)Cc1c(Cl)cccc1Cl. The number of nitrogens with zero attached hydrogens (tertiary/aromatic N) is 1. The zero-order valence-corrected chi connectivity index (χ0v) is 19.0. The zero-order valence-electron chi connectivity index (χ0n) is 16.7. The second-order valence-electron chi connectivity index (χ2n) is 7.02. The third-order valence-corrected chi connectivity index (χ3v) is 5.74. The van der Waals surface area contributed by atoms with Gasteiger partial charge in [0.05, 0.1) is 6.42 Å². The molecular formula is C22H25Cl3N2O2. The summed E-state index contributed by atoms with van der Waals surface area (Å²) < 4.78 is 0. The molecule has 2 aromatic rings. The molecule has 2 aromatic carbocycles. The maximum atomic E-state index is 13.2. The van der Waals surface area contributed by atoms with Crippen molar-refractivity contribution in [3.05, 3.63) is 68.7 Å². The van der Waals surface area contributed by atoms with Crippen molar-refractivity contribution in [1.82, 2.24) is 10.2 Å². The van der Waals surface area contributed by atoms with Crippen molar-refractivity contribution in [2.45, 2.75) is 52.2 Å². The molecule has 29 heavy (non-hydrogen) atoms. The number of nitrogens with one attached hydrogen (secondary N) is 1. The van der Waals surface area contributed by atoms with Gasteiger partial charge in [-0.2, -0.15) is 0 Å². The molecule has 2 atom stereocenters. The molecule has 7 heteroatoms. The van der Waals surface area contributed by atoms with Gasteiger partial charge < -0.3 is 10.2 Å². The Hall–Kier alpha value is -1.75. The van der Waals surface area contributed by atoms with E-state index < -0.39 is 6.04 Å². The summed E-state index contributed by atoms with van der Waals surface area (Å²) in [4.78, 5) is 27.5. The van der Waals surface area contributed by atoms with Gasteiger partial charge in [-0.15, -0.1) is 0 Å². The van der Waals surface area contributed by atoms with Crippen LogP contribution >= 0.6 is 34.8 Å². The lowest BCUT2D eigenvalue weighted by molar-refractivity contribution is -0.140. The van der Waals surface area contributed by atoms with Gasteiger partial charge in [0.25, 0.3) is 0 Å². The van der Waals surface area contributed by atoms with E-state index in [4.69, 9.17) is 34.8 Å². The lowest BCUT2D eigenvalue weighted by Gasteiger charge is -2.30. The Bertz CT molecular complexity index is 853. The largest absolute Gasteiger partial charge is 0.352 e. The number of hydrogen-bond acceptors (Lipinski definition) is 2. The van der Waals surface area contributed by atoms with Gasteiger partial charge in [0.2, 0.25) is 11.8 Å². The molecule has 0 aliphatic rings. The molecular weight excluding hydrogens is 431 g/mol. The highest BCUT2D eigenvalue weighted by Gasteiger charge is 2.27. The number of carbonyl (C=O) groups excluding carboxylic acids is 2. The monoisotopic (exact) mass is 454 g/mol. The Labute approximate surface area is 187 Å². The molecule has 4 nitrogen and oxygen atoms in total. The zero-order chi connectivity index (χ0) is 21.6. The van der Waals surface area contributed by atoms with Crippen LogP contribution in [0.15, 0.2) is 42.5 Å². The van der Waals surface area contributed by atoms with Crippen molar-refractivity contribution in [3.63, 3.8) is 0 Å². The van der Waals surface area contributed by atoms with E-state index >= 15 is 0 Å². The molecule has 0 saturated carbocycles. The normalized spacial score (nSPS) is 12.9. The van der Waals surface area contributed by atoms with E-state index in [0.717, 1.165) is 12.0 Å². The Balaban J connectivity index is 2.29. The Morgan fingerprint density at radius 2 is 1.66 bits per heavy atom. The van der Waals surface area contributed by atoms with E-state index in [9.17, 15) is 9.59 Å². The van der Waals surface area contributed by atoms with Crippen molar-refractivity contribution < 1.29 is 9.59 Å². The molecule has 0 aliphatic carbocycles. The van der Waals surface area contributed by atoms with Crippen LogP contribution in [0.25, 0.3) is 0 Å². The fourth-order valence-corrected chi connectivity index (χ4v) is 3.58.